The summed E-state index contributed by atoms with van der Waals surface area (Å²) in [4.78, 5) is 0. The van der Waals surface area contributed by atoms with Crippen LogP contribution in [0.2, 0.25) is 0 Å². The SMILES string of the molecule is Cc1cccc(NC(C)(C)CCN)c1. The van der Waals surface area contributed by atoms with Gasteiger partial charge in [-0.1, -0.05) is 12.1 Å². The number of aryl methyl sites for hydroxylation is 1. The Morgan fingerprint density at radius 2 is 2.07 bits per heavy atom. The third kappa shape index (κ3) is 3.38. The molecule has 0 unspecified atom stereocenters. The van der Waals surface area contributed by atoms with Crippen molar-refractivity contribution in [2.75, 3.05) is 11.9 Å². The molecule has 0 saturated carbocycles. The normalized spacial score (nSPS) is 11.4. The van der Waals surface area contributed by atoms with E-state index in [0.717, 1.165) is 6.42 Å². The van der Waals surface area contributed by atoms with E-state index in [4.69, 9.17) is 5.73 Å². The molecule has 0 heterocycles. The Bertz CT molecular complexity index is 292. The van der Waals surface area contributed by atoms with E-state index in [1.165, 1.54) is 11.3 Å². The van der Waals surface area contributed by atoms with Gasteiger partial charge >= 0.3 is 0 Å². The number of anilines is 1. The Balaban J connectivity index is 2.68. The van der Waals surface area contributed by atoms with E-state index in [9.17, 15) is 0 Å². The fraction of sp³-hybridized carbons (Fsp3) is 0.500. The highest BCUT2D eigenvalue weighted by Gasteiger charge is 2.15. The van der Waals surface area contributed by atoms with Crippen molar-refractivity contribution in [3.05, 3.63) is 29.8 Å². The lowest BCUT2D eigenvalue weighted by Crippen LogP contribution is -2.33. The summed E-state index contributed by atoms with van der Waals surface area (Å²) in [5.74, 6) is 0. The second-order valence-electron chi connectivity index (χ2n) is 4.42. The molecule has 0 aliphatic carbocycles. The molecule has 14 heavy (non-hydrogen) atoms. The molecule has 0 spiro atoms. The van der Waals surface area contributed by atoms with Gasteiger partial charge in [-0.05, 0) is 51.4 Å². The van der Waals surface area contributed by atoms with E-state index in [0.29, 0.717) is 6.54 Å². The van der Waals surface area contributed by atoms with Crippen LogP contribution in [0.3, 0.4) is 0 Å². The zero-order chi connectivity index (χ0) is 10.6. The topological polar surface area (TPSA) is 38.0 Å². The molecule has 0 bridgehead atoms. The number of benzene rings is 1. The molecule has 0 fully saturated rings. The minimum absolute atomic E-state index is 0.0720. The first kappa shape index (κ1) is 11.1. The quantitative estimate of drug-likeness (QED) is 0.769. The van der Waals surface area contributed by atoms with E-state index < -0.39 is 0 Å². The van der Waals surface area contributed by atoms with Crippen LogP contribution >= 0.6 is 0 Å². The summed E-state index contributed by atoms with van der Waals surface area (Å²) in [5, 5.41) is 3.48. The molecule has 78 valence electrons. The van der Waals surface area contributed by atoms with E-state index in [2.05, 4.69) is 50.4 Å². The van der Waals surface area contributed by atoms with Gasteiger partial charge in [0.1, 0.15) is 0 Å². The molecule has 1 rings (SSSR count). The second kappa shape index (κ2) is 4.47. The first-order valence-electron chi connectivity index (χ1n) is 5.08. The zero-order valence-electron chi connectivity index (χ0n) is 9.30. The third-order valence-electron chi connectivity index (χ3n) is 2.27. The third-order valence-corrected chi connectivity index (χ3v) is 2.27. The maximum atomic E-state index is 5.56. The van der Waals surface area contributed by atoms with Crippen LogP contribution in [-0.4, -0.2) is 12.1 Å². The molecule has 0 aromatic heterocycles. The smallest absolute Gasteiger partial charge is 0.0346 e. The summed E-state index contributed by atoms with van der Waals surface area (Å²) < 4.78 is 0. The van der Waals surface area contributed by atoms with Gasteiger partial charge in [0.15, 0.2) is 0 Å². The number of nitrogens with one attached hydrogen (secondary N) is 1. The van der Waals surface area contributed by atoms with Crippen LogP contribution < -0.4 is 11.1 Å². The summed E-state index contributed by atoms with van der Waals surface area (Å²) in [7, 11) is 0. The number of hydrogen-bond acceptors (Lipinski definition) is 2. The molecule has 3 N–H and O–H groups in total. The number of nitrogens with two attached hydrogens (primary N) is 1. The van der Waals surface area contributed by atoms with Crippen molar-refractivity contribution in [2.24, 2.45) is 5.73 Å². The highest BCUT2D eigenvalue weighted by molar-refractivity contribution is 5.47. The van der Waals surface area contributed by atoms with Crippen molar-refractivity contribution in [3.8, 4) is 0 Å². The predicted octanol–water partition coefficient (Wildman–Crippen LogP) is 2.53. The molecule has 0 amide bonds. The fourth-order valence-corrected chi connectivity index (χ4v) is 1.54. The average Bonchev–Trinajstić information content (AvgIpc) is 2.02. The predicted molar refractivity (Wildman–Crippen MR) is 62.6 cm³/mol. The molecular formula is C12H20N2. The first-order valence-corrected chi connectivity index (χ1v) is 5.08. The van der Waals surface area contributed by atoms with E-state index in [1.54, 1.807) is 0 Å². The van der Waals surface area contributed by atoms with Gasteiger partial charge < -0.3 is 11.1 Å². The minimum atomic E-state index is 0.0720. The average molecular weight is 192 g/mol. The van der Waals surface area contributed by atoms with Crippen LogP contribution in [-0.2, 0) is 0 Å². The van der Waals surface area contributed by atoms with Crippen LogP contribution in [0.25, 0.3) is 0 Å². The number of hydrogen-bond donors (Lipinski definition) is 2. The van der Waals surface area contributed by atoms with Crippen LogP contribution in [0.4, 0.5) is 5.69 Å². The summed E-state index contributed by atoms with van der Waals surface area (Å²) >= 11 is 0. The van der Waals surface area contributed by atoms with E-state index in [-0.39, 0.29) is 5.54 Å². The minimum Gasteiger partial charge on any atom is -0.380 e. The molecule has 0 aliphatic heterocycles. The lowest BCUT2D eigenvalue weighted by Gasteiger charge is -2.27. The molecule has 0 atom stereocenters. The highest BCUT2D eigenvalue weighted by atomic mass is 15.0. The van der Waals surface area contributed by atoms with Crippen LogP contribution in [0.1, 0.15) is 25.8 Å². The molecule has 1 aromatic carbocycles. The molecule has 0 aliphatic rings. The Labute approximate surface area is 86.5 Å². The van der Waals surface area contributed by atoms with Crippen molar-refractivity contribution < 1.29 is 0 Å². The van der Waals surface area contributed by atoms with Crippen molar-refractivity contribution in [2.45, 2.75) is 32.7 Å². The van der Waals surface area contributed by atoms with Gasteiger partial charge in [0, 0.05) is 11.2 Å². The summed E-state index contributed by atoms with van der Waals surface area (Å²) in [6.45, 7) is 7.15. The number of rotatable bonds is 4. The summed E-state index contributed by atoms with van der Waals surface area (Å²) in [5.41, 5.74) is 8.08. The maximum Gasteiger partial charge on any atom is 0.0346 e. The van der Waals surface area contributed by atoms with Crippen LogP contribution in [0.5, 0.6) is 0 Å². The van der Waals surface area contributed by atoms with Gasteiger partial charge in [0.25, 0.3) is 0 Å². The Kier molecular flexibility index (Phi) is 3.53. The summed E-state index contributed by atoms with van der Waals surface area (Å²) in [6.07, 6.45) is 0.973. The van der Waals surface area contributed by atoms with Crippen molar-refractivity contribution in [1.29, 1.82) is 0 Å². The largest absolute Gasteiger partial charge is 0.380 e. The Hall–Kier alpha value is -1.02. The van der Waals surface area contributed by atoms with Gasteiger partial charge in [-0.3, -0.25) is 0 Å². The van der Waals surface area contributed by atoms with Crippen molar-refractivity contribution >= 4 is 5.69 Å². The zero-order valence-corrected chi connectivity index (χ0v) is 9.30. The molecule has 1 aromatic rings. The molecule has 2 heteroatoms. The van der Waals surface area contributed by atoms with Crippen molar-refractivity contribution in [1.82, 2.24) is 0 Å². The van der Waals surface area contributed by atoms with Crippen molar-refractivity contribution in [3.63, 3.8) is 0 Å². The van der Waals surface area contributed by atoms with E-state index >= 15 is 0 Å². The summed E-state index contributed by atoms with van der Waals surface area (Å²) in [6, 6.07) is 8.40. The van der Waals surface area contributed by atoms with Gasteiger partial charge in [0.05, 0.1) is 0 Å². The molecule has 2 nitrogen and oxygen atoms in total. The van der Waals surface area contributed by atoms with Gasteiger partial charge in [-0.2, -0.15) is 0 Å². The molecule has 0 radical (unpaired) electrons. The lowest BCUT2D eigenvalue weighted by molar-refractivity contribution is 0.526. The second-order valence-corrected chi connectivity index (χ2v) is 4.42. The fourth-order valence-electron chi connectivity index (χ4n) is 1.54. The Morgan fingerprint density at radius 1 is 1.36 bits per heavy atom. The maximum absolute atomic E-state index is 5.56. The standard InChI is InChI=1S/C12H20N2/c1-10-5-4-6-11(9-10)14-12(2,3)7-8-13/h4-6,9,14H,7-8,13H2,1-3H3. The molecule has 0 saturated heterocycles. The monoisotopic (exact) mass is 192 g/mol. The first-order chi connectivity index (χ1) is 6.53. The molecular weight excluding hydrogens is 172 g/mol. The Morgan fingerprint density at radius 3 is 2.64 bits per heavy atom. The van der Waals surface area contributed by atoms with Gasteiger partial charge in [-0.15, -0.1) is 0 Å². The highest BCUT2D eigenvalue weighted by Crippen LogP contribution is 2.18. The van der Waals surface area contributed by atoms with Crippen LogP contribution in [0, 0.1) is 6.92 Å². The lowest BCUT2D eigenvalue weighted by atomic mass is 10.00. The van der Waals surface area contributed by atoms with Gasteiger partial charge in [0.2, 0.25) is 0 Å². The van der Waals surface area contributed by atoms with Gasteiger partial charge in [-0.25, -0.2) is 0 Å². The van der Waals surface area contributed by atoms with E-state index in [1.807, 2.05) is 0 Å². The van der Waals surface area contributed by atoms with Crippen LogP contribution in [0.15, 0.2) is 24.3 Å².